The van der Waals surface area contributed by atoms with Crippen LogP contribution in [0.4, 0.5) is 0 Å². The fraction of sp³-hybridized carbons (Fsp3) is 0.524. The number of piperidine rings is 1. The van der Waals surface area contributed by atoms with Gasteiger partial charge in [-0.15, -0.1) is 24.0 Å². The van der Waals surface area contributed by atoms with E-state index in [0.717, 1.165) is 36.6 Å². The fourth-order valence-corrected chi connectivity index (χ4v) is 4.48. The molecule has 1 aromatic heterocycles. The highest BCUT2D eigenvalue weighted by atomic mass is 127. The van der Waals surface area contributed by atoms with Crippen molar-refractivity contribution in [1.82, 2.24) is 24.7 Å². The van der Waals surface area contributed by atoms with Gasteiger partial charge < -0.3 is 10.6 Å². The minimum Gasteiger partial charge on any atom is -0.357 e. The monoisotopic (exact) mass is 560 g/mol. The number of benzene rings is 1. The third-order valence-electron chi connectivity index (χ3n) is 5.39. The molecule has 0 spiro atoms. The van der Waals surface area contributed by atoms with Crippen LogP contribution in [-0.4, -0.2) is 60.9 Å². The molecular formula is C21H33IN6O2S. The van der Waals surface area contributed by atoms with Crippen molar-refractivity contribution in [2.75, 3.05) is 32.4 Å². The number of aliphatic imine (C=N–C) groups is 1. The third-order valence-corrected chi connectivity index (χ3v) is 6.69. The second kappa shape index (κ2) is 11.8. The maximum Gasteiger partial charge on any atom is 0.211 e. The summed E-state index contributed by atoms with van der Waals surface area (Å²) in [6, 6.07) is 10.3. The zero-order chi connectivity index (χ0) is 21.6. The molecule has 0 saturated carbocycles. The summed E-state index contributed by atoms with van der Waals surface area (Å²) in [6.45, 7) is 6.79. The number of hydrogen-bond acceptors (Lipinski definition) is 4. The Kier molecular flexibility index (Phi) is 9.76. The van der Waals surface area contributed by atoms with Gasteiger partial charge in [-0.1, -0.05) is 12.1 Å². The van der Waals surface area contributed by atoms with Crippen molar-refractivity contribution < 1.29 is 8.42 Å². The molecule has 2 N–H and O–H groups in total. The summed E-state index contributed by atoms with van der Waals surface area (Å²) in [6.07, 6.45) is 6.67. The lowest BCUT2D eigenvalue weighted by atomic mass is 9.98. The molecule has 0 radical (unpaired) electrons. The summed E-state index contributed by atoms with van der Waals surface area (Å²) in [4.78, 5) is 4.77. The van der Waals surface area contributed by atoms with Crippen LogP contribution in [0.1, 0.15) is 38.3 Å². The maximum absolute atomic E-state index is 11.7. The Morgan fingerprint density at radius 1 is 1.29 bits per heavy atom. The number of hydrogen-bond donors (Lipinski definition) is 2. The summed E-state index contributed by atoms with van der Waals surface area (Å²) >= 11 is 0. The quantitative estimate of drug-likeness (QED) is 0.309. The van der Waals surface area contributed by atoms with E-state index in [1.165, 1.54) is 6.26 Å². The van der Waals surface area contributed by atoms with Gasteiger partial charge in [0, 0.05) is 38.6 Å². The van der Waals surface area contributed by atoms with E-state index in [-0.39, 0.29) is 30.0 Å². The number of halogens is 1. The molecule has 1 unspecified atom stereocenters. The molecule has 1 aliphatic rings. The van der Waals surface area contributed by atoms with Gasteiger partial charge in [-0.3, -0.25) is 4.99 Å². The zero-order valence-corrected chi connectivity index (χ0v) is 21.5. The Bertz CT molecular complexity index is 941. The van der Waals surface area contributed by atoms with E-state index < -0.39 is 10.0 Å². The summed E-state index contributed by atoms with van der Waals surface area (Å²) < 4.78 is 26.8. The number of nitrogens with zero attached hydrogens (tertiary/aromatic N) is 4. The SMILES string of the molecule is CCNC(=NCC1CCN(S(C)(=O)=O)CC1)NC(C)c1cccc(-n2cccn2)c1.I. The largest absolute Gasteiger partial charge is 0.357 e. The van der Waals surface area contributed by atoms with Crippen LogP contribution in [0.2, 0.25) is 0 Å². The predicted octanol–water partition coefficient (Wildman–Crippen LogP) is 2.78. The first-order valence-corrected chi connectivity index (χ1v) is 12.3. The van der Waals surface area contributed by atoms with E-state index in [1.54, 1.807) is 10.5 Å². The fourth-order valence-electron chi connectivity index (χ4n) is 3.61. The van der Waals surface area contributed by atoms with Crippen molar-refractivity contribution >= 4 is 40.0 Å². The van der Waals surface area contributed by atoms with Crippen LogP contribution in [-0.2, 0) is 10.0 Å². The molecule has 2 aromatic rings. The van der Waals surface area contributed by atoms with Gasteiger partial charge in [0.25, 0.3) is 0 Å². The van der Waals surface area contributed by atoms with Crippen molar-refractivity contribution in [2.24, 2.45) is 10.9 Å². The molecule has 31 heavy (non-hydrogen) atoms. The van der Waals surface area contributed by atoms with Crippen molar-refractivity contribution in [3.8, 4) is 5.69 Å². The molecule has 1 saturated heterocycles. The van der Waals surface area contributed by atoms with Crippen LogP contribution in [0, 0.1) is 5.92 Å². The lowest BCUT2D eigenvalue weighted by molar-refractivity contribution is 0.280. The Balaban J connectivity index is 0.00000341. The van der Waals surface area contributed by atoms with Gasteiger partial charge in [0.05, 0.1) is 18.0 Å². The number of sulfonamides is 1. The van der Waals surface area contributed by atoms with Gasteiger partial charge in [0.15, 0.2) is 5.96 Å². The Morgan fingerprint density at radius 3 is 2.65 bits per heavy atom. The topological polar surface area (TPSA) is 91.6 Å². The summed E-state index contributed by atoms with van der Waals surface area (Å²) in [7, 11) is -3.09. The van der Waals surface area contributed by atoms with Gasteiger partial charge in [-0.25, -0.2) is 17.4 Å². The molecule has 3 rings (SSSR count). The normalized spacial score (nSPS) is 17.1. The van der Waals surface area contributed by atoms with Crippen LogP contribution in [0.25, 0.3) is 5.69 Å². The number of guanidine groups is 1. The highest BCUT2D eigenvalue weighted by molar-refractivity contribution is 14.0. The van der Waals surface area contributed by atoms with Gasteiger partial charge in [0.1, 0.15) is 0 Å². The molecule has 2 heterocycles. The molecule has 1 atom stereocenters. The Morgan fingerprint density at radius 2 is 2.03 bits per heavy atom. The summed E-state index contributed by atoms with van der Waals surface area (Å²) in [5.74, 6) is 1.18. The third kappa shape index (κ3) is 7.46. The first kappa shape index (κ1) is 25.6. The highest BCUT2D eigenvalue weighted by Crippen LogP contribution is 2.20. The lowest BCUT2D eigenvalue weighted by Gasteiger charge is -2.29. The molecule has 172 valence electrons. The van der Waals surface area contributed by atoms with Crippen molar-refractivity contribution in [2.45, 2.75) is 32.7 Å². The smallest absolute Gasteiger partial charge is 0.211 e. The maximum atomic E-state index is 11.7. The second-order valence-corrected chi connectivity index (χ2v) is 9.72. The molecular weight excluding hydrogens is 527 g/mol. The van der Waals surface area contributed by atoms with Crippen molar-refractivity contribution in [1.29, 1.82) is 0 Å². The van der Waals surface area contributed by atoms with Crippen molar-refractivity contribution in [3.63, 3.8) is 0 Å². The van der Waals surface area contributed by atoms with Crippen molar-refractivity contribution in [3.05, 3.63) is 48.3 Å². The van der Waals surface area contributed by atoms with Crippen LogP contribution >= 0.6 is 24.0 Å². The highest BCUT2D eigenvalue weighted by Gasteiger charge is 2.24. The minimum atomic E-state index is -3.09. The van der Waals surface area contributed by atoms with E-state index >= 15 is 0 Å². The van der Waals surface area contributed by atoms with Crippen LogP contribution < -0.4 is 10.6 Å². The molecule has 0 bridgehead atoms. The van der Waals surface area contributed by atoms with Gasteiger partial charge in [-0.2, -0.15) is 5.10 Å². The van der Waals surface area contributed by atoms with Gasteiger partial charge in [-0.05, 0) is 56.4 Å². The first-order valence-electron chi connectivity index (χ1n) is 10.5. The summed E-state index contributed by atoms with van der Waals surface area (Å²) in [5, 5.41) is 11.1. The van der Waals surface area contributed by atoms with E-state index in [4.69, 9.17) is 4.99 Å². The lowest BCUT2D eigenvalue weighted by Crippen LogP contribution is -2.40. The molecule has 0 aliphatic carbocycles. The predicted molar refractivity (Wildman–Crippen MR) is 136 cm³/mol. The Labute approximate surface area is 202 Å². The molecule has 1 aliphatic heterocycles. The molecule has 0 amide bonds. The Hall–Kier alpha value is -1.66. The van der Waals surface area contributed by atoms with E-state index in [2.05, 4.69) is 34.8 Å². The van der Waals surface area contributed by atoms with Crippen LogP contribution in [0.3, 0.4) is 0 Å². The second-order valence-electron chi connectivity index (χ2n) is 7.74. The number of rotatable bonds is 7. The van der Waals surface area contributed by atoms with E-state index in [0.29, 0.717) is 25.6 Å². The average Bonchev–Trinajstić information content (AvgIpc) is 3.27. The van der Waals surface area contributed by atoms with E-state index in [1.807, 2.05) is 36.0 Å². The van der Waals surface area contributed by atoms with Crippen LogP contribution in [0.15, 0.2) is 47.7 Å². The van der Waals surface area contributed by atoms with Crippen LogP contribution in [0.5, 0.6) is 0 Å². The van der Waals surface area contributed by atoms with Gasteiger partial charge >= 0.3 is 0 Å². The minimum absolute atomic E-state index is 0. The summed E-state index contributed by atoms with van der Waals surface area (Å²) in [5.41, 5.74) is 2.17. The van der Waals surface area contributed by atoms with Gasteiger partial charge in [0.2, 0.25) is 10.0 Å². The number of aromatic nitrogens is 2. The standard InChI is InChI=1S/C21H32N6O2S.HI/c1-4-22-21(23-16-18-9-13-26(14-10-18)30(3,28)29)25-17(2)19-7-5-8-20(15-19)27-12-6-11-24-27;/h5-8,11-12,15,17-18H,4,9-10,13-14,16H2,1-3H3,(H2,22,23,25);1H. The van der Waals surface area contributed by atoms with E-state index in [9.17, 15) is 8.42 Å². The molecule has 1 aromatic carbocycles. The average molecular weight is 561 g/mol. The molecule has 1 fully saturated rings. The zero-order valence-electron chi connectivity index (χ0n) is 18.4. The number of nitrogens with one attached hydrogen (secondary N) is 2. The first-order chi connectivity index (χ1) is 14.4. The molecule has 8 nitrogen and oxygen atoms in total. The molecule has 10 heteroatoms.